The third-order valence-electron chi connectivity index (χ3n) is 3.15. The molecule has 0 saturated carbocycles. The van der Waals surface area contributed by atoms with Crippen molar-refractivity contribution in [3.05, 3.63) is 31.4 Å². The van der Waals surface area contributed by atoms with Gasteiger partial charge in [0.25, 0.3) is 0 Å². The van der Waals surface area contributed by atoms with Crippen LogP contribution in [0, 0.1) is 0 Å². The van der Waals surface area contributed by atoms with Crippen LogP contribution in [0.15, 0.2) is 31.4 Å². The van der Waals surface area contributed by atoms with Crippen molar-refractivity contribution < 1.29 is 21.8 Å². The van der Waals surface area contributed by atoms with E-state index in [1.54, 1.807) is 0 Å². The monoisotopic (exact) mass is 322 g/mol. The van der Waals surface area contributed by atoms with Gasteiger partial charge in [0, 0.05) is 0 Å². The van der Waals surface area contributed by atoms with Gasteiger partial charge in [-0.2, -0.15) is 0 Å². The molecule has 22 heavy (non-hydrogen) atoms. The second-order valence-electron chi connectivity index (χ2n) is 5.36. The molecule has 1 heterocycles. The molecule has 1 aromatic heterocycles. The van der Waals surface area contributed by atoms with E-state index in [0.29, 0.717) is 0 Å². The highest BCUT2D eigenvalue weighted by atomic mass is 19.5. The van der Waals surface area contributed by atoms with Crippen LogP contribution in [-0.2, 0) is 13.6 Å². The summed E-state index contributed by atoms with van der Waals surface area (Å²) < 4.78 is 43.4. The molecule has 7 heteroatoms. The number of rotatable bonds is 10. The number of aryl methyl sites for hydroxylation is 2. The van der Waals surface area contributed by atoms with E-state index in [4.69, 9.17) is 0 Å². The molecule has 2 nitrogen and oxygen atoms in total. The van der Waals surface area contributed by atoms with Gasteiger partial charge in [0.05, 0.1) is 13.6 Å². The number of aromatic nitrogens is 2. The normalized spacial score (nSPS) is 11.0. The van der Waals surface area contributed by atoms with E-state index in [1.165, 1.54) is 51.4 Å². The van der Waals surface area contributed by atoms with E-state index >= 15 is 0 Å². The number of hydrogen-bond acceptors (Lipinski definition) is 0. The van der Waals surface area contributed by atoms with Crippen LogP contribution >= 0.6 is 0 Å². The average molecular weight is 322 g/mol. The van der Waals surface area contributed by atoms with Gasteiger partial charge >= 0.3 is 7.25 Å². The molecular formula is C15H27BF4N2. The fraction of sp³-hybridized carbons (Fsp3) is 0.667. The van der Waals surface area contributed by atoms with E-state index in [-0.39, 0.29) is 0 Å². The topological polar surface area (TPSA) is 8.81 Å². The molecule has 0 aromatic carbocycles. The average Bonchev–Trinajstić information content (AvgIpc) is 2.81. The Morgan fingerprint density at radius 2 is 1.50 bits per heavy atom. The maximum atomic E-state index is 9.75. The Balaban J connectivity index is 0.000000763. The van der Waals surface area contributed by atoms with Gasteiger partial charge in [-0.05, 0) is 25.7 Å². The Morgan fingerprint density at radius 3 is 1.95 bits per heavy atom. The van der Waals surface area contributed by atoms with Crippen LogP contribution in [0.3, 0.4) is 0 Å². The first kappa shape index (κ1) is 20.7. The number of imidazole rings is 1. The van der Waals surface area contributed by atoms with Gasteiger partial charge < -0.3 is 17.3 Å². The summed E-state index contributed by atoms with van der Waals surface area (Å²) in [5.74, 6) is 0. The highest BCUT2D eigenvalue weighted by molar-refractivity contribution is 6.50. The number of allylic oxidation sites excluding steroid dienone is 1. The highest BCUT2D eigenvalue weighted by Crippen LogP contribution is 2.09. The predicted molar refractivity (Wildman–Crippen MR) is 82.9 cm³/mol. The maximum absolute atomic E-state index is 9.75. The third-order valence-corrected chi connectivity index (χ3v) is 3.15. The summed E-state index contributed by atoms with van der Waals surface area (Å²) in [6, 6.07) is 0. The van der Waals surface area contributed by atoms with Crippen LogP contribution in [0.4, 0.5) is 17.3 Å². The fourth-order valence-electron chi connectivity index (χ4n) is 2.10. The first-order valence-corrected chi connectivity index (χ1v) is 7.82. The molecule has 0 saturated heterocycles. The van der Waals surface area contributed by atoms with Gasteiger partial charge in [-0.3, -0.25) is 0 Å². The zero-order valence-corrected chi connectivity index (χ0v) is 13.4. The molecule has 0 fully saturated rings. The largest absolute Gasteiger partial charge is 0.673 e. The van der Waals surface area contributed by atoms with Crippen molar-refractivity contribution in [1.82, 2.24) is 4.57 Å². The SMILES string of the molecule is C=CCCCCCCCCCn1cc[n+](C)c1.F[B-](F)(F)F. The lowest BCUT2D eigenvalue weighted by molar-refractivity contribution is -0.671. The summed E-state index contributed by atoms with van der Waals surface area (Å²) in [5, 5.41) is 0. The van der Waals surface area contributed by atoms with Crippen LogP contribution in [0.25, 0.3) is 0 Å². The molecule has 1 aromatic rings. The summed E-state index contributed by atoms with van der Waals surface area (Å²) in [7, 11) is -3.93. The van der Waals surface area contributed by atoms with Gasteiger partial charge in [0.2, 0.25) is 6.33 Å². The Labute approximate surface area is 130 Å². The summed E-state index contributed by atoms with van der Waals surface area (Å²) in [6.07, 6.45) is 19.2. The molecule has 0 aliphatic heterocycles. The fourth-order valence-corrected chi connectivity index (χ4v) is 2.10. The molecule has 1 rings (SSSR count). The summed E-state index contributed by atoms with van der Waals surface area (Å²) in [4.78, 5) is 0. The van der Waals surface area contributed by atoms with Crippen LogP contribution in [-0.4, -0.2) is 11.8 Å². The minimum absolute atomic E-state index is 1.16. The van der Waals surface area contributed by atoms with Gasteiger partial charge in [-0.25, -0.2) is 9.13 Å². The van der Waals surface area contributed by atoms with E-state index in [0.717, 1.165) is 6.54 Å². The standard InChI is InChI=1S/C15H27N2.BF4/c1-3-4-5-6-7-8-9-10-11-12-17-14-13-16(2)15-17;2-1(3,4)5/h3,13-15H,1,4-12H2,2H3;/q+1;-1. The molecule has 0 amide bonds. The first-order valence-electron chi connectivity index (χ1n) is 7.82. The van der Waals surface area contributed by atoms with Crippen LogP contribution in [0.5, 0.6) is 0 Å². The minimum Gasteiger partial charge on any atom is -0.418 e. The molecule has 0 atom stereocenters. The predicted octanol–water partition coefficient (Wildman–Crippen LogP) is 4.92. The molecule has 0 N–H and O–H groups in total. The molecule has 128 valence electrons. The van der Waals surface area contributed by atoms with E-state index in [9.17, 15) is 17.3 Å². The zero-order chi connectivity index (χ0) is 16.8. The van der Waals surface area contributed by atoms with Crippen molar-refractivity contribution in [3.8, 4) is 0 Å². The smallest absolute Gasteiger partial charge is 0.418 e. The van der Waals surface area contributed by atoms with Crippen molar-refractivity contribution in [2.75, 3.05) is 0 Å². The summed E-state index contributed by atoms with van der Waals surface area (Å²) in [5.41, 5.74) is 0. The van der Waals surface area contributed by atoms with Gasteiger partial charge in [-0.1, -0.05) is 31.8 Å². The number of hydrogen-bond donors (Lipinski definition) is 0. The number of nitrogens with zero attached hydrogens (tertiary/aromatic N) is 2. The molecule has 0 radical (unpaired) electrons. The van der Waals surface area contributed by atoms with E-state index < -0.39 is 7.25 Å². The van der Waals surface area contributed by atoms with Crippen molar-refractivity contribution in [1.29, 1.82) is 0 Å². The molecule has 0 aliphatic rings. The van der Waals surface area contributed by atoms with Gasteiger partial charge in [-0.15, -0.1) is 6.58 Å². The lowest BCUT2D eigenvalue weighted by Gasteiger charge is -2.00. The van der Waals surface area contributed by atoms with Gasteiger partial charge in [0.15, 0.2) is 0 Å². The Hall–Kier alpha value is -1.27. The minimum atomic E-state index is -6.00. The third kappa shape index (κ3) is 16.8. The van der Waals surface area contributed by atoms with Gasteiger partial charge in [0.1, 0.15) is 12.4 Å². The number of halogens is 4. The highest BCUT2D eigenvalue weighted by Gasteiger charge is 2.20. The number of unbranched alkanes of at least 4 members (excludes halogenated alkanes) is 7. The zero-order valence-electron chi connectivity index (χ0n) is 13.4. The van der Waals surface area contributed by atoms with Crippen LogP contribution in [0.1, 0.15) is 51.4 Å². The Bertz CT molecular complexity index is 385. The second kappa shape index (κ2) is 12.3. The lowest BCUT2D eigenvalue weighted by Crippen LogP contribution is -2.23. The van der Waals surface area contributed by atoms with Crippen molar-refractivity contribution in [2.24, 2.45) is 7.05 Å². The lowest BCUT2D eigenvalue weighted by atomic mass is 10.1. The first-order chi connectivity index (χ1) is 10.3. The summed E-state index contributed by atoms with van der Waals surface area (Å²) >= 11 is 0. The van der Waals surface area contributed by atoms with Crippen LogP contribution in [0.2, 0.25) is 0 Å². The molecular weight excluding hydrogens is 295 g/mol. The molecule has 0 aliphatic carbocycles. The molecule has 0 unspecified atom stereocenters. The van der Waals surface area contributed by atoms with E-state index in [1.807, 2.05) is 6.08 Å². The Kier molecular flexibility index (Phi) is 11.6. The van der Waals surface area contributed by atoms with Crippen LogP contribution < -0.4 is 4.57 Å². The van der Waals surface area contributed by atoms with Crippen molar-refractivity contribution >= 4 is 7.25 Å². The van der Waals surface area contributed by atoms with E-state index in [2.05, 4.69) is 41.5 Å². The van der Waals surface area contributed by atoms with Crippen molar-refractivity contribution in [2.45, 2.75) is 57.9 Å². The Morgan fingerprint density at radius 1 is 1.00 bits per heavy atom. The quantitative estimate of drug-likeness (QED) is 0.190. The maximum Gasteiger partial charge on any atom is 0.673 e. The van der Waals surface area contributed by atoms with Crippen molar-refractivity contribution in [3.63, 3.8) is 0 Å². The summed E-state index contributed by atoms with van der Waals surface area (Å²) in [6.45, 7) is 4.91. The molecule has 0 spiro atoms. The second-order valence-corrected chi connectivity index (χ2v) is 5.36. The molecule has 0 bridgehead atoms.